The zero-order valence-corrected chi connectivity index (χ0v) is 7.62. The van der Waals surface area contributed by atoms with Crippen molar-refractivity contribution >= 4 is 0 Å². The maximum absolute atomic E-state index is 3.91. The fourth-order valence-corrected chi connectivity index (χ4v) is 0.515. The molecule has 0 fully saturated rings. The summed E-state index contributed by atoms with van der Waals surface area (Å²) in [7, 11) is 0. The highest BCUT2D eigenvalue weighted by atomic mass is 14.9. The molecule has 0 unspecified atom stereocenters. The molecular formula is C9H19N. The van der Waals surface area contributed by atoms with Crippen LogP contribution in [0.3, 0.4) is 0 Å². The Balaban J connectivity index is 3.46. The van der Waals surface area contributed by atoms with Gasteiger partial charge in [0.2, 0.25) is 0 Å². The van der Waals surface area contributed by atoms with Gasteiger partial charge in [0.1, 0.15) is 0 Å². The zero-order valence-electron chi connectivity index (χ0n) is 7.62. The number of rotatable bonds is 3. The fraction of sp³-hybridized carbons (Fsp3) is 0.778. The minimum absolute atomic E-state index is 0.220. The van der Waals surface area contributed by atoms with Crippen LogP contribution in [-0.2, 0) is 0 Å². The van der Waals surface area contributed by atoms with Gasteiger partial charge in [-0.1, -0.05) is 19.1 Å². The Hall–Kier alpha value is -0.300. The average molecular weight is 141 g/mol. The minimum Gasteiger partial charge on any atom is -0.308 e. The maximum atomic E-state index is 3.91. The van der Waals surface area contributed by atoms with E-state index in [2.05, 4.69) is 39.6 Å². The van der Waals surface area contributed by atoms with E-state index in [1.165, 1.54) is 5.57 Å². The molecule has 0 aromatic carbocycles. The lowest BCUT2D eigenvalue weighted by atomic mass is 10.1. The summed E-state index contributed by atoms with van der Waals surface area (Å²) in [5, 5.41) is 3.37. The summed E-state index contributed by atoms with van der Waals surface area (Å²) in [5.74, 6) is 0. The smallest absolute Gasteiger partial charge is 0.0166 e. The van der Waals surface area contributed by atoms with Crippen LogP contribution in [0.1, 0.15) is 34.1 Å². The Bertz CT molecular complexity index is 108. The highest BCUT2D eigenvalue weighted by Crippen LogP contribution is 2.01. The van der Waals surface area contributed by atoms with Gasteiger partial charge in [0.15, 0.2) is 0 Å². The molecule has 0 saturated heterocycles. The van der Waals surface area contributed by atoms with Crippen LogP contribution in [0.15, 0.2) is 12.2 Å². The molecule has 0 aromatic rings. The van der Waals surface area contributed by atoms with Crippen molar-refractivity contribution in [3.8, 4) is 0 Å². The third-order valence-corrected chi connectivity index (χ3v) is 1.37. The molecule has 0 aromatic heterocycles. The number of nitrogens with one attached hydrogen (secondary N) is 1. The maximum Gasteiger partial charge on any atom is 0.0166 e. The highest BCUT2D eigenvalue weighted by Gasteiger charge is 2.07. The van der Waals surface area contributed by atoms with E-state index < -0.39 is 0 Å². The molecule has 0 spiro atoms. The van der Waals surface area contributed by atoms with Crippen molar-refractivity contribution in [2.24, 2.45) is 0 Å². The standard InChI is InChI=1S/C9H19N/c1-6-8(2)7-10-9(3,4)5/h10H,2,6-7H2,1,3-5H3. The minimum atomic E-state index is 0.220. The Morgan fingerprint density at radius 2 is 1.90 bits per heavy atom. The lowest BCUT2D eigenvalue weighted by molar-refractivity contribution is 0.443. The van der Waals surface area contributed by atoms with Crippen molar-refractivity contribution in [2.45, 2.75) is 39.7 Å². The topological polar surface area (TPSA) is 12.0 Å². The first-order chi connectivity index (χ1) is 4.45. The van der Waals surface area contributed by atoms with Crippen molar-refractivity contribution < 1.29 is 0 Å². The van der Waals surface area contributed by atoms with Gasteiger partial charge in [0, 0.05) is 12.1 Å². The molecule has 10 heavy (non-hydrogen) atoms. The van der Waals surface area contributed by atoms with Gasteiger partial charge in [-0.25, -0.2) is 0 Å². The Labute approximate surface area is 64.5 Å². The molecule has 0 bridgehead atoms. The normalized spacial score (nSPS) is 11.6. The van der Waals surface area contributed by atoms with Gasteiger partial charge in [-0.05, 0) is 27.2 Å². The van der Waals surface area contributed by atoms with E-state index in [1.807, 2.05) is 0 Å². The van der Waals surface area contributed by atoms with Crippen LogP contribution in [0.25, 0.3) is 0 Å². The monoisotopic (exact) mass is 141 g/mol. The van der Waals surface area contributed by atoms with Crippen molar-refractivity contribution in [3.63, 3.8) is 0 Å². The molecule has 1 N–H and O–H groups in total. The van der Waals surface area contributed by atoms with E-state index in [0.717, 1.165) is 13.0 Å². The summed E-state index contributed by atoms with van der Waals surface area (Å²) in [6.07, 6.45) is 1.07. The van der Waals surface area contributed by atoms with Crippen LogP contribution in [0.5, 0.6) is 0 Å². The molecular weight excluding hydrogens is 122 g/mol. The summed E-state index contributed by atoms with van der Waals surface area (Å²) >= 11 is 0. The third kappa shape index (κ3) is 5.83. The predicted molar refractivity (Wildman–Crippen MR) is 47.2 cm³/mol. The van der Waals surface area contributed by atoms with Gasteiger partial charge in [-0.15, -0.1) is 0 Å². The largest absolute Gasteiger partial charge is 0.308 e. The first-order valence-corrected chi connectivity index (χ1v) is 3.87. The molecule has 1 heteroatoms. The summed E-state index contributed by atoms with van der Waals surface area (Å²) in [4.78, 5) is 0. The van der Waals surface area contributed by atoms with Crippen LogP contribution in [-0.4, -0.2) is 12.1 Å². The highest BCUT2D eigenvalue weighted by molar-refractivity contribution is 4.96. The lowest BCUT2D eigenvalue weighted by Crippen LogP contribution is -2.36. The number of hydrogen-bond donors (Lipinski definition) is 1. The summed E-state index contributed by atoms with van der Waals surface area (Å²) in [6, 6.07) is 0. The molecule has 0 aliphatic rings. The molecule has 0 heterocycles. The SMILES string of the molecule is C=C(CC)CNC(C)(C)C. The quantitative estimate of drug-likeness (QED) is 0.595. The summed E-state index contributed by atoms with van der Waals surface area (Å²) < 4.78 is 0. The second-order valence-electron chi connectivity index (χ2n) is 3.71. The fourth-order valence-electron chi connectivity index (χ4n) is 0.515. The van der Waals surface area contributed by atoms with Crippen LogP contribution < -0.4 is 5.32 Å². The van der Waals surface area contributed by atoms with Crippen molar-refractivity contribution in [1.29, 1.82) is 0 Å². The van der Waals surface area contributed by atoms with Crippen LogP contribution in [0, 0.1) is 0 Å². The second kappa shape index (κ2) is 3.77. The molecule has 1 nitrogen and oxygen atoms in total. The molecule has 0 amide bonds. The van der Waals surface area contributed by atoms with Gasteiger partial charge in [0.05, 0.1) is 0 Å². The molecule has 0 atom stereocenters. The summed E-state index contributed by atoms with van der Waals surface area (Å²) in [6.45, 7) is 13.5. The van der Waals surface area contributed by atoms with Crippen molar-refractivity contribution in [1.82, 2.24) is 5.32 Å². The van der Waals surface area contributed by atoms with Crippen LogP contribution in [0.2, 0.25) is 0 Å². The molecule has 0 aliphatic carbocycles. The van der Waals surface area contributed by atoms with Gasteiger partial charge in [0.25, 0.3) is 0 Å². The van der Waals surface area contributed by atoms with Crippen LogP contribution >= 0.6 is 0 Å². The van der Waals surface area contributed by atoms with Gasteiger partial charge in [-0.3, -0.25) is 0 Å². The predicted octanol–water partition coefficient (Wildman–Crippen LogP) is 2.34. The Morgan fingerprint density at radius 1 is 1.40 bits per heavy atom. The molecule has 0 radical (unpaired) electrons. The Morgan fingerprint density at radius 3 is 2.20 bits per heavy atom. The number of hydrogen-bond acceptors (Lipinski definition) is 1. The molecule has 0 saturated carbocycles. The summed E-state index contributed by atoms with van der Waals surface area (Å²) in [5.41, 5.74) is 1.49. The van der Waals surface area contributed by atoms with Crippen molar-refractivity contribution in [3.05, 3.63) is 12.2 Å². The van der Waals surface area contributed by atoms with E-state index in [9.17, 15) is 0 Å². The van der Waals surface area contributed by atoms with Crippen LogP contribution in [0.4, 0.5) is 0 Å². The van der Waals surface area contributed by atoms with E-state index in [1.54, 1.807) is 0 Å². The first kappa shape index (κ1) is 9.70. The molecule has 0 rings (SSSR count). The van der Waals surface area contributed by atoms with Gasteiger partial charge >= 0.3 is 0 Å². The Kier molecular flexibility index (Phi) is 3.66. The van der Waals surface area contributed by atoms with E-state index >= 15 is 0 Å². The van der Waals surface area contributed by atoms with Crippen molar-refractivity contribution in [2.75, 3.05) is 6.54 Å². The first-order valence-electron chi connectivity index (χ1n) is 3.87. The molecule has 60 valence electrons. The average Bonchev–Trinajstić information content (AvgIpc) is 1.81. The van der Waals surface area contributed by atoms with Gasteiger partial charge in [-0.2, -0.15) is 0 Å². The van der Waals surface area contributed by atoms with E-state index in [4.69, 9.17) is 0 Å². The molecule has 0 aliphatic heterocycles. The van der Waals surface area contributed by atoms with E-state index in [-0.39, 0.29) is 5.54 Å². The van der Waals surface area contributed by atoms with E-state index in [0.29, 0.717) is 0 Å². The third-order valence-electron chi connectivity index (χ3n) is 1.37. The van der Waals surface area contributed by atoms with Gasteiger partial charge < -0.3 is 5.32 Å². The lowest BCUT2D eigenvalue weighted by Gasteiger charge is -2.20. The second-order valence-corrected chi connectivity index (χ2v) is 3.71. The zero-order chi connectivity index (χ0) is 8.20.